The number of hydrogen-bond donors (Lipinski definition) is 0. The summed E-state index contributed by atoms with van der Waals surface area (Å²) in [7, 11) is 3.14. The van der Waals surface area contributed by atoms with Gasteiger partial charge in [-0.25, -0.2) is 0 Å². The minimum atomic E-state index is -0.296. The molecule has 0 aliphatic carbocycles. The number of carbonyl (C=O) groups excluding carboxylic acids is 1. The molecular formula is C12H18N2O3. The van der Waals surface area contributed by atoms with Gasteiger partial charge in [-0.3, -0.25) is 4.79 Å². The van der Waals surface area contributed by atoms with Crippen LogP contribution < -0.4 is 4.74 Å². The van der Waals surface area contributed by atoms with Crippen LogP contribution in [0.1, 0.15) is 37.2 Å². The lowest BCUT2D eigenvalue weighted by atomic mass is 10.00. The SMILES string of the molecule is COc1ccc(C(=O)CCC(C)(C)OC)nn1. The topological polar surface area (TPSA) is 61.3 Å². The monoisotopic (exact) mass is 238 g/mol. The quantitative estimate of drug-likeness (QED) is 0.708. The Hall–Kier alpha value is -1.49. The Morgan fingerprint density at radius 3 is 2.47 bits per heavy atom. The van der Waals surface area contributed by atoms with Crippen LogP contribution >= 0.6 is 0 Å². The fourth-order valence-corrected chi connectivity index (χ4v) is 1.22. The number of ether oxygens (including phenoxy) is 2. The van der Waals surface area contributed by atoms with Crippen LogP contribution in [-0.4, -0.2) is 35.8 Å². The zero-order chi connectivity index (χ0) is 12.9. The summed E-state index contributed by atoms with van der Waals surface area (Å²) < 4.78 is 10.1. The predicted molar refractivity (Wildman–Crippen MR) is 63.2 cm³/mol. The van der Waals surface area contributed by atoms with Crippen LogP contribution in [0.25, 0.3) is 0 Å². The molecule has 0 aliphatic heterocycles. The van der Waals surface area contributed by atoms with E-state index in [-0.39, 0.29) is 11.4 Å². The molecule has 0 atom stereocenters. The van der Waals surface area contributed by atoms with Gasteiger partial charge >= 0.3 is 0 Å². The van der Waals surface area contributed by atoms with Crippen molar-refractivity contribution in [1.29, 1.82) is 0 Å². The molecule has 94 valence electrons. The summed E-state index contributed by atoms with van der Waals surface area (Å²) in [5, 5.41) is 7.57. The van der Waals surface area contributed by atoms with E-state index in [1.54, 1.807) is 19.2 Å². The first-order valence-corrected chi connectivity index (χ1v) is 5.44. The highest BCUT2D eigenvalue weighted by atomic mass is 16.5. The second kappa shape index (κ2) is 5.72. The van der Waals surface area contributed by atoms with Crippen LogP contribution in [0.5, 0.6) is 5.88 Å². The summed E-state index contributed by atoms with van der Waals surface area (Å²) >= 11 is 0. The highest BCUT2D eigenvalue weighted by Gasteiger charge is 2.19. The summed E-state index contributed by atoms with van der Waals surface area (Å²) in [4.78, 5) is 11.8. The molecule has 0 aliphatic rings. The Balaban J connectivity index is 2.58. The van der Waals surface area contributed by atoms with E-state index in [4.69, 9.17) is 9.47 Å². The molecule has 0 saturated heterocycles. The van der Waals surface area contributed by atoms with Crippen LogP contribution in [-0.2, 0) is 4.74 Å². The molecule has 0 amide bonds. The standard InChI is InChI=1S/C12H18N2O3/c1-12(2,17-4)8-7-10(15)9-5-6-11(16-3)14-13-9/h5-6H,7-8H2,1-4H3. The molecule has 0 aromatic carbocycles. The normalized spacial score (nSPS) is 11.3. The van der Waals surface area contributed by atoms with E-state index in [9.17, 15) is 4.79 Å². The number of nitrogens with zero attached hydrogens (tertiary/aromatic N) is 2. The number of Topliss-reactive ketones (excluding diaryl/α,β-unsaturated/α-hetero) is 1. The van der Waals surface area contributed by atoms with E-state index in [0.717, 1.165) is 0 Å². The Kier molecular flexibility index (Phi) is 4.57. The van der Waals surface area contributed by atoms with Crippen molar-refractivity contribution in [2.75, 3.05) is 14.2 Å². The fraction of sp³-hybridized carbons (Fsp3) is 0.583. The molecule has 1 heterocycles. The largest absolute Gasteiger partial charge is 0.480 e. The summed E-state index contributed by atoms with van der Waals surface area (Å²) in [6.07, 6.45) is 1.04. The number of aromatic nitrogens is 2. The summed E-state index contributed by atoms with van der Waals surface area (Å²) in [6.45, 7) is 3.89. The number of rotatable bonds is 6. The maximum atomic E-state index is 11.8. The van der Waals surface area contributed by atoms with Gasteiger partial charge in [-0.1, -0.05) is 0 Å². The minimum absolute atomic E-state index is 0.0368. The third-order valence-electron chi connectivity index (χ3n) is 2.64. The van der Waals surface area contributed by atoms with Crippen LogP contribution in [0.2, 0.25) is 0 Å². The van der Waals surface area contributed by atoms with Crippen LogP contribution in [0.3, 0.4) is 0 Å². The van der Waals surface area contributed by atoms with Crippen LogP contribution in [0, 0.1) is 0 Å². The molecule has 0 saturated carbocycles. The van der Waals surface area contributed by atoms with Crippen molar-refractivity contribution in [2.24, 2.45) is 0 Å². The van der Waals surface area contributed by atoms with Gasteiger partial charge in [0.1, 0.15) is 5.69 Å². The molecule has 0 bridgehead atoms. The second-order valence-corrected chi connectivity index (χ2v) is 4.35. The number of carbonyl (C=O) groups is 1. The third kappa shape index (κ3) is 4.11. The van der Waals surface area contributed by atoms with E-state index in [0.29, 0.717) is 24.4 Å². The van der Waals surface area contributed by atoms with Gasteiger partial charge in [0, 0.05) is 19.6 Å². The highest BCUT2D eigenvalue weighted by Crippen LogP contribution is 2.17. The van der Waals surface area contributed by atoms with Crippen molar-refractivity contribution in [3.63, 3.8) is 0 Å². The summed E-state index contributed by atoms with van der Waals surface area (Å²) in [5.41, 5.74) is 0.0629. The summed E-state index contributed by atoms with van der Waals surface area (Å²) in [6, 6.07) is 3.25. The Labute approximate surface area is 101 Å². The van der Waals surface area contributed by atoms with Gasteiger partial charge in [0.15, 0.2) is 5.78 Å². The molecule has 5 heteroatoms. The third-order valence-corrected chi connectivity index (χ3v) is 2.64. The zero-order valence-corrected chi connectivity index (χ0v) is 10.7. The number of methoxy groups -OCH3 is 2. The van der Waals surface area contributed by atoms with E-state index in [2.05, 4.69) is 10.2 Å². The Morgan fingerprint density at radius 1 is 1.29 bits per heavy atom. The number of hydrogen-bond acceptors (Lipinski definition) is 5. The second-order valence-electron chi connectivity index (χ2n) is 4.35. The Bertz CT molecular complexity index is 374. The molecule has 1 aromatic heterocycles. The molecule has 1 rings (SSSR count). The lowest BCUT2D eigenvalue weighted by Gasteiger charge is -2.21. The number of ketones is 1. The molecule has 0 radical (unpaired) electrons. The van der Waals surface area contributed by atoms with Crippen LogP contribution in [0.15, 0.2) is 12.1 Å². The molecule has 1 aromatic rings. The molecule has 0 unspecified atom stereocenters. The van der Waals surface area contributed by atoms with Crippen LogP contribution in [0.4, 0.5) is 0 Å². The van der Waals surface area contributed by atoms with Gasteiger partial charge in [0.25, 0.3) is 0 Å². The lowest BCUT2D eigenvalue weighted by molar-refractivity contribution is 0.0141. The van der Waals surface area contributed by atoms with Gasteiger partial charge in [0.05, 0.1) is 12.7 Å². The first kappa shape index (κ1) is 13.6. The van der Waals surface area contributed by atoms with E-state index < -0.39 is 0 Å². The molecular weight excluding hydrogens is 220 g/mol. The summed E-state index contributed by atoms with van der Waals surface area (Å²) in [5.74, 6) is 0.365. The molecule has 17 heavy (non-hydrogen) atoms. The predicted octanol–water partition coefficient (Wildman–Crippen LogP) is 1.87. The van der Waals surface area contributed by atoms with Gasteiger partial charge < -0.3 is 9.47 Å². The van der Waals surface area contributed by atoms with E-state index in [1.807, 2.05) is 13.8 Å². The molecule has 5 nitrogen and oxygen atoms in total. The maximum Gasteiger partial charge on any atom is 0.233 e. The maximum absolute atomic E-state index is 11.8. The Morgan fingerprint density at radius 2 is 2.00 bits per heavy atom. The van der Waals surface area contributed by atoms with Gasteiger partial charge in [0.2, 0.25) is 5.88 Å². The van der Waals surface area contributed by atoms with E-state index in [1.165, 1.54) is 7.11 Å². The van der Waals surface area contributed by atoms with Crippen molar-refractivity contribution < 1.29 is 14.3 Å². The average molecular weight is 238 g/mol. The van der Waals surface area contributed by atoms with E-state index >= 15 is 0 Å². The van der Waals surface area contributed by atoms with Gasteiger partial charge in [-0.2, -0.15) is 0 Å². The van der Waals surface area contributed by atoms with Crippen molar-refractivity contribution in [1.82, 2.24) is 10.2 Å². The smallest absolute Gasteiger partial charge is 0.233 e. The van der Waals surface area contributed by atoms with Gasteiger partial charge in [-0.15, -0.1) is 10.2 Å². The minimum Gasteiger partial charge on any atom is -0.480 e. The highest BCUT2D eigenvalue weighted by molar-refractivity contribution is 5.94. The van der Waals surface area contributed by atoms with Gasteiger partial charge in [-0.05, 0) is 26.3 Å². The molecule has 0 fully saturated rings. The first-order chi connectivity index (χ1) is 7.98. The van der Waals surface area contributed by atoms with Crippen molar-refractivity contribution in [3.05, 3.63) is 17.8 Å². The first-order valence-electron chi connectivity index (χ1n) is 5.44. The van der Waals surface area contributed by atoms with Crippen molar-refractivity contribution in [3.8, 4) is 5.88 Å². The average Bonchev–Trinajstić information content (AvgIpc) is 2.36. The zero-order valence-electron chi connectivity index (χ0n) is 10.7. The lowest BCUT2D eigenvalue weighted by Crippen LogP contribution is -2.23. The fourth-order valence-electron chi connectivity index (χ4n) is 1.22. The molecule has 0 spiro atoms. The van der Waals surface area contributed by atoms with Crippen molar-refractivity contribution >= 4 is 5.78 Å². The molecule has 0 N–H and O–H groups in total. The van der Waals surface area contributed by atoms with Crippen molar-refractivity contribution in [2.45, 2.75) is 32.3 Å².